The van der Waals surface area contributed by atoms with Crippen molar-refractivity contribution >= 4 is 29.1 Å². The zero-order valence-electron chi connectivity index (χ0n) is 27.4. The molecule has 2 aliphatic rings. The summed E-state index contributed by atoms with van der Waals surface area (Å²) >= 11 is 6.14. The van der Waals surface area contributed by atoms with Crippen molar-refractivity contribution in [2.75, 3.05) is 31.1 Å². The zero-order valence-corrected chi connectivity index (χ0v) is 28.1. The van der Waals surface area contributed by atoms with Crippen LogP contribution in [0.5, 0.6) is 0 Å². The number of anilines is 1. The third kappa shape index (κ3) is 8.54. The van der Waals surface area contributed by atoms with E-state index in [2.05, 4.69) is 33.0 Å². The van der Waals surface area contributed by atoms with Crippen molar-refractivity contribution < 1.29 is 18.7 Å². The monoisotopic (exact) mass is 627 g/mol. The standard InChI is InChI=1S/C36H51ClFN3O3/c1-7-9-25(4)12-17-31(42)39-32(24(2)3)29-10-8-11-30(38)33(29)40-20-22-41(23-21-40)35(43)34-28(18-19-36(5,6)44-34)26-13-15-27(37)16-14-26/h8,10-11,13-16,24-25,28,32,34H,7,9,12,17-23H2,1-6H3,(H,39,42)/t25?,28-,32+,34+/m1/s1. The smallest absolute Gasteiger partial charge is 0.252 e. The molecule has 0 radical (unpaired) electrons. The Morgan fingerprint density at radius 1 is 1.05 bits per heavy atom. The van der Waals surface area contributed by atoms with Crippen LogP contribution in [0.2, 0.25) is 5.02 Å². The van der Waals surface area contributed by atoms with Crippen molar-refractivity contribution in [1.29, 1.82) is 0 Å². The number of nitrogens with zero attached hydrogens (tertiary/aromatic N) is 2. The van der Waals surface area contributed by atoms with Gasteiger partial charge in [0.1, 0.15) is 11.9 Å². The first-order valence-corrected chi connectivity index (χ1v) is 16.8. The Balaban J connectivity index is 1.47. The normalized spacial score (nSPS) is 21.7. The fourth-order valence-corrected chi connectivity index (χ4v) is 6.85. The van der Waals surface area contributed by atoms with E-state index in [1.54, 1.807) is 6.07 Å². The second-order valence-corrected chi connectivity index (χ2v) is 14.1. The summed E-state index contributed by atoms with van der Waals surface area (Å²) in [4.78, 5) is 30.9. The maximum Gasteiger partial charge on any atom is 0.252 e. The van der Waals surface area contributed by atoms with Gasteiger partial charge in [0, 0.05) is 49.1 Å². The highest BCUT2D eigenvalue weighted by molar-refractivity contribution is 6.30. The average molecular weight is 628 g/mol. The average Bonchev–Trinajstić information content (AvgIpc) is 2.98. The second kappa shape index (κ2) is 15.1. The highest BCUT2D eigenvalue weighted by Crippen LogP contribution is 2.40. The lowest BCUT2D eigenvalue weighted by molar-refractivity contribution is -0.167. The van der Waals surface area contributed by atoms with Gasteiger partial charge in [-0.3, -0.25) is 9.59 Å². The molecule has 2 aromatic rings. The number of benzene rings is 2. The molecule has 242 valence electrons. The molecule has 2 heterocycles. The van der Waals surface area contributed by atoms with Crippen molar-refractivity contribution in [2.45, 2.75) is 104 Å². The molecule has 0 aromatic heterocycles. The van der Waals surface area contributed by atoms with Gasteiger partial charge in [-0.2, -0.15) is 0 Å². The van der Waals surface area contributed by atoms with Crippen LogP contribution < -0.4 is 10.2 Å². The third-order valence-electron chi connectivity index (χ3n) is 9.30. The van der Waals surface area contributed by atoms with Crippen LogP contribution in [0.25, 0.3) is 0 Å². The number of hydrogen-bond donors (Lipinski definition) is 1. The summed E-state index contributed by atoms with van der Waals surface area (Å²) in [5, 5.41) is 3.88. The molecule has 8 heteroatoms. The summed E-state index contributed by atoms with van der Waals surface area (Å²) in [6.07, 6.45) is 4.65. The summed E-state index contributed by atoms with van der Waals surface area (Å²) in [6, 6.07) is 12.5. The summed E-state index contributed by atoms with van der Waals surface area (Å²) in [5.41, 5.74) is 1.97. The van der Waals surface area contributed by atoms with Gasteiger partial charge in [-0.1, -0.05) is 76.4 Å². The van der Waals surface area contributed by atoms with E-state index in [1.165, 1.54) is 6.07 Å². The number of rotatable bonds is 11. The number of carbonyl (C=O) groups is 2. The first kappa shape index (κ1) is 34.2. The molecular formula is C36H51ClFN3O3. The number of piperazine rings is 1. The Bertz CT molecular complexity index is 1260. The van der Waals surface area contributed by atoms with Crippen LogP contribution in [-0.2, 0) is 14.3 Å². The number of nitrogens with one attached hydrogen (secondary N) is 1. The van der Waals surface area contributed by atoms with E-state index in [0.717, 1.165) is 43.2 Å². The Hall–Kier alpha value is -2.64. The Morgan fingerprint density at radius 2 is 1.73 bits per heavy atom. The first-order valence-electron chi connectivity index (χ1n) is 16.4. The van der Waals surface area contributed by atoms with E-state index in [0.29, 0.717) is 49.2 Å². The van der Waals surface area contributed by atoms with Crippen LogP contribution in [0, 0.1) is 17.7 Å². The quantitative estimate of drug-likeness (QED) is 0.275. The third-order valence-corrected chi connectivity index (χ3v) is 9.55. The van der Waals surface area contributed by atoms with Gasteiger partial charge in [-0.25, -0.2) is 4.39 Å². The molecule has 2 amide bonds. The van der Waals surface area contributed by atoms with Crippen molar-refractivity contribution in [3.8, 4) is 0 Å². The molecule has 6 nitrogen and oxygen atoms in total. The molecule has 44 heavy (non-hydrogen) atoms. The summed E-state index contributed by atoms with van der Waals surface area (Å²) in [5.74, 6) is 0.201. The molecule has 0 aliphatic carbocycles. The molecule has 0 saturated carbocycles. The molecule has 1 unspecified atom stereocenters. The highest BCUT2D eigenvalue weighted by Gasteiger charge is 2.43. The molecule has 2 aliphatic heterocycles. The maximum atomic E-state index is 15.6. The van der Waals surface area contributed by atoms with E-state index in [4.69, 9.17) is 16.3 Å². The van der Waals surface area contributed by atoms with Gasteiger partial charge in [-0.15, -0.1) is 0 Å². The molecule has 0 spiro atoms. The number of ether oxygens (including phenoxy) is 1. The lowest BCUT2D eigenvalue weighted by Crippen LogP contribution is -2.55. The predicted octanol–water partition coefficient (Wildman–Crippen LogP) is 7.90. The molecule has 2 fully saturated rings. The van der Waals surface area contributed by atoms with E-state index in [-0.39, 0.29) is 35.5 Å². The lowest BCUT2D eigenvalue weighted by Gasteiger charge is -2.44. The number of hydrogen-bond acceptors (Lipinski definition) is 4. The Morgan fingerprint density at radius 3 is 2.36 bits per heavy atom. The van der Waals surface area contributed by atoms with Gasteiger partial charge in [0.2, 0.25) is 5.91 Å². The van der Waals surface area contributed by atoms with E-state index < -0.39 is 11.7 Å². The number of amides is 2. The van der Waals surface area contributed by atoms with Crippen LogP contribution in [0.1, 0.15) is 103 Å². The summed E-state index contributed by atoms with van der Waals surface area (Å²) in [7, 11) is 0. The topological polar surface area (TPSA) is 61.9 Å². The number of para-hydroxylation sites is 1. The van der Waals surface area contributed by atoms with Gasteiger partial charge >= 0.3 is 0 Å². The minimum absolute atomic E-state index is 0.00271. The van der Waals surface area contributed by atoms with Gasteiger partial charge in [-0.05, 0) is 68.7 Å². The first-order chi connectivity index (χ1) is 20.9. The molecular weight excluding hydrogens is 577 g/mol. The molecule has 4 rings (SSSR count). The van der Waals surface area contributed by atoms with Gasteiger partial charge < -0.3 is 19.9 Å². The molecule has 2 aromatic carbocycles. The van der Waals surface area contributed by atoms with Gasteiger partial charge in [0.25, 0.3) is 5.91 Å². The SMILES string of the molecule is CCCC(C)CCC(=O)N[C@H](c1cccc(F)c1N1CCN(C(=O)[C@H]2OC(C)(C)CC[C@@H]2c2ccc(Cl)cc2)CC1)C(C)C. The lowest BCUT2D eigenvalue weighted by atomic mass is 9.81. The van der Waals surface area contributed by atoms with Crippen LogP contribution in [0.15, 0.2) is 42.5 Å². The van der Waals surface area contributed by atoms with Crippen LogP contribution in [0.3, 0.4) is 0 Å². The molecule has 2 saturated heterocycles. The van der Waals surface area contributed by atoms with E-state index in [9.17, 15) is 9.59 Å². The summed E-state index contributed by atoms with van der Waals surface area (Å²) < 4.78 is 22.0. The largest absolute Gasteiger partial charge is 0.365 e. The minimum atomic E-state index is -0.587. The van der Waals surface area contributed by atoms with Crippen molar-refractivity contribution in [1.82, 2.24) is 10.2 Å². The number of halogens is 2. The van der Waals surface area contributed by atoms with E-state index in [1.807, 2.05) is 54.0 Å². The van der Waals surface area contributed by atoms with Gasteiger partial charge in [0.15, 0.2) is 0 Å². The zero-order chi connectivity index (χ0) is 32.0. The van der Waals surface area contributed by atoms with Crippen LogP contribution in [-0.4, -0.2) is 54.6 Å². The second-order valence-electron chi connectivity index (χ2n) is 13.7. The Kier molecular flexibility index (Phi) is 11.7. The molecule has 1 N–H and O–H groups in total. The van der Waals surface area contributed by atoms with Crippen molar-refractivity contribution in [3.63, 3.8) is 0 Å². The predicted molar refractivity (Wildman–Crippen MR) is 177 cm³/mol. The minimum Gasteiger partial charge on any atom is -0.365 e. The van der Waals surface area contributed by atoms with Gasteiger partial charge in [0.05, 0.1) is 17.3 Å². The fourth-order valence-electron chi connectivity index (χ4n) is 6.72. The Labute approximate surface area is 268 Å². The summed E-state index contributed by atoms with van der Waals surface area (Å²) in [6.45, 7) is 14.5. The van der Waals surface area contributed by atoms with Crippen molar-refractivity contribution in [2.24, 2.45) is 11.8 Å². The maximum absolute atomic E-state index is 15.6. The highest BCUT2D eigenvalue weighted by atomic mass is 35.5. The fraction of sp³-hybridized carbons (Fsp3) is 0.611. The molecule has 0 bridgehead atoms. The van der Waals surface area contributed by atoms with Crippen molar-refractivity contribution in [3.05, 3.63) is 64.4 Å². The van der Waals surface area contributed by atoms with Crippen LogP contribution in [0.4, 0.5) is 10.1 Å². The van der Waals surface area contributed by atoms with E-state index >= 15 is 4.39 Å². The molecule has 4 atom stereocenters. The number of carbonyl (C=O) groups excluding carboxylic acids is 2. The van der Waals surface area contributed by atoms with Crippen LogP contribution >= 0.6 is 11.6 Å².